The number of carbonyl (C=O) groups is 2. The van der Waals surface area contributed by atoms with Gasteiger partial charge in [-0.2, -0.15) is 5.10 Å². The van der Waals surface area contributed by atoms with Crippen LogP contribution in [0.4, 0.5) is 11.5 Å². The van der Waals surface area contributed by atoms with Crippen LogP contribution in [0.3, 0.4) is 0 Å². The van der Waals surface area contributed by atoms with Crippen molar-refractivity contribution in [2.45, 2.75) is 19.3 Å². The van der Waals surface area contributed by atoms with Gasteiger partial charge in [0.25, 0.3) is 11.8 Å². The molecule has 10 heteroatoms. The molecule has 0 bridgehead atoms. The zero-order chi connectivity index (χ0) is 22.8. The zero-order valence-electron chi connectivity index (χ0n) is 18.8. The van der Waals surface area contributed by atoms with Crippen LogP contribution in [0.25, 0.3) is 10.2 Å². The maximum Gasteiger partial charge on any atom is 0.275 e. The second-order valence-electron chi connectivity index (χ2n) is 8.71. The van der Waals surface area contributed by atoms with Crippen molar-refractivity contribution in [2.75, 3.05) is 56.5 Å². The summed E-state index contributed by atoms with van der Waals surface area (Å²) in [4.78, 5) is 31.4. The maximum absolute atomic E-state index is 12.8. The van der Waals surface area contributed by atoms with Crippen LogP contribution in [-0.4, -0.2) is 78.2 Å². The predicted octanol–water partition coefficient (Wildman–Crippen LogP) is 2.76. The summed E-state index contributed by atoms with van der Waals surface area (Å²) in [6.45, 7) is 5.81. The third-order valence-electron chi connectivity index (χ3n) is 6.33. The summed E-state index contributed by atoms with van der Waals surface area (Å²) >= 11 is 1.31. The number of piperazine rings is 1. The number of anilines is 2. The fourth-order valence-electron chi connectivity index (χ4n) is 4.30. The summed E-state index contributed by atoms with van der Waals surface area (Å²) < 4.78 is 0. The molecule has 0 radical (unpaired) electrons. The molecule has 174 valence electrons. The van der Waals surface area contributed by atoms with Gasteiger partial charge >= 0.3 is 0 Å². The predicted molar refractivity (Wildman–Crippen MR) is 131 cm³/mol. The summed E-state index contributed by atoms with van der Waals surface area (Å²) in [6, 6.07) is 9.48. The number of nitrogens with one attached hydrogen (secondary N) is 3. The van der Waals surface area contributed by atoms with Gasteiger partial charge in [-0.1, -0.05) is 6.42 Å². The van der Waals surface area contributed by atoms with E-state index in [0.29, 0.717) is 21.1 Å². The Morgan fingerprint density at radius 1 is 0.970 bits per heavy atom. The molecule has 0 unspecified atom stereocenters. The van der Waals surface area contributed by atoms with E-state index in [0.717, 1.165) is 63.2 Å². The molecule has 2 saturated heterocycles. The number of amides is 2. The Hall–Kier alpha value is -2.95. The van der Waals surface area contributed by atoms with Crippen molar-refractivity contribution in [3.05, 3.63) is 40.8 Å². The molecule has 0 saturated carbocycles. The van der Waals surface area contributed by atoms with Crippen molar-refractivity contribution in [3.8, 4) is 0 Å². The van der Waals surface area contributed by atoms with E-state index in [-0.39, 0.29) is 11.8 Å². The second-order valence-corrected chi connectivity index (χ2v) is 9.74. The number of hydrogen-bond acceptors (Lipinski definition) is 7. The third-order valence-corrected chi connectivity index (χ3v) is 7.35. The number of piperidine rings is 1. The number of rotatable bonds is 5. The van der Waals surface area contributed by atoms with E-state index in [1.165, 1.54) is 17.8 Å². The van der Waals surface area contributed by atoms with E-state index in [1.54, 1.807) is 6.07 Å². The number of fused-ring (bicyclic) bond motifs is 1. The van der Waals surface area contributed by atoms with Gasteiger partial charge in [-0.15, -0.1) is 11.3 Å². The van der Waals surface area contributed by atoms with Crippen LogP contribution in [0.2, 0.25) is 0 Å². The highest BCUT2D eigenvalue weighted by molar-refractivity contribution is 7.20. The number of aromatic amines is 1. The minimum Gasteiger partial charge on any atom is -0.369 e. The summed E-state index contributed by atoms with van der Waals surface area (Å²) in [5, 5.41) is 12.8. The number of H-pyrrole nitrogens is 1. The Kier molecular flexibility index (Phi) is 6.30. The second kappa shape index (κ2) is 9.50. The third kappa shape index (κ3) is 4.87. The number of aromatic nitrogens is 2. The molecule has 3 aromatic rings. The highest BCUT2D eigenvalue weighted by Crippen LogP contribution is 2.29. The monoisotopic (exact) mass is 467 g/mol. The number of thiophene rings is 1. The molecule has 4 heterocycles. The smallest absolute Gasteiger partial charge is 0.275 e. The van der Waals surface area contributed by atoms with Gasteiger partial charge in [-0.05, 0) is 50.2 Å². The first-order valence-electron chi connectivity index (χ1n) is 11.5. The Morgan fingerprint density at radius 2 is 1.70 bits per heavy atom. The van der Waals surface area contributed by atoms with Gasteiger partial charge in [0.05, 0.1) is 10.3 Å². The number of likely N-dealkylation sites (N-methyl/N-ethyl adjacent to an activating group) is 1. The van der Waals surface area contributed by atoms with Crippen molar-refractivity contribution in [1.82, 2.24) is 25.5 Å². The van der Waals surface area contributed by atoms with Crippen molar-refractivity contribution in [2.24, 2.45) is 0 Å². The number of benzene rings is 1. The van der Waals surface area contributed by atoms with Gasteiger partial charge in [0.15, 0.2) is 0 Å². The molecule has 2 fully saturated rings. The molecule has 0 aliphatic carbocycles. The summed E-state index contributed by atoms with van der Waals surface area (Å²) in [7, 11) is 2.13. The lowest BCUT2D eigenvalue weighted by atomic mass is 10.1. The molecule has 2 aliphatic heterocycles. The summed E-state index contributed by atoms with van der Waals surface area (Å²) in [5.41, 5.74) is 4.69. The molecule has 33 heavy (non-hydrogen) atoms. The normalized spacial score (nSPS) is 17.9. The minimum atomic E-state index is -0.212. The standard InChI is InChI=1S/C23H29N7O2S/c1-28-11-13-29(14-12-28)17-7-5-16(6-8-17)21(31)24-20-18-15-19(33-23(18)26-25-20)22(32)27-30-9-3-2-4-10-30/h5-8,15H,2-4,9-14H2,1H3,(H,27,32)(H2,24,25,26,31). The molecule has 2 aromatic heterocycles. The van der Waals surface area contributed by atoms with E-state index >= 15 is 0 Å². The van der Waals surface area contributed by atoms with Crippen LogP contribution in [0.15, 0.2) is 30.3 Å². The topological polar surface area (TPSA) is 96.6 Å². The lowest BCUT2D eigenvalue weighted by molar-refractivity contribution is 0.0754. The maximum atomic E-state index is 12.8. The molecular formula is C23H29N7O2S. The fourth-order valence-corrected chi connectivity index (χ4v) is 5.18. The van der Waals surface area contributed by atoms with Crippen molar-refractivity contribution >= 4 is 44.9 Å². The van der Waals surface area contributed by atoms with Gasteiger partial charge in [-0.25, -0.2) is 5.01 Å². The van der Waals surface area contributed by atoms with Gasteiger partial charge < -0.3 is 15.1 Å². The average Bonchev–Trinajstić information content (AvgIpc) is 3.42. The minimum absolute atomic E-state index is 0.128. The van der Waals surface area contributed by atoms with Gasteiger partial charge in [0.1, 0.15) is 10.6 Å². The zero-order valence-corrected chi connectivity index (χ0v) is 19.6. The van der Waals surface area contributed by atoms with Crippen LogP contribution in [0.5, 0.6) is 0 Å². The van der Waals surface area contributed by atoms with E-state index in [9.17, 15) is 9.59 Å². The Labute approximate surface area is 196 Å². The SMILES string of the molecule is CN1CCN(c2ccc(C(=O)Nc3[nH]nc4sc(C(=O)NN5CCCCC5)cc34)cc2)CC1. The van der Waals surface area contributed by atoms with Gasteiger partial charge in [0.2, 0.25) is 0 Å². The molecule has 2 aliphatic rings. The number of hydrazine groups is 1. The van der Waals surface area contributed by atoms with Crippen LogP contribution < -0.4 is 15.6 Å². The number of hydrogen-bond donors (Lipinski definition) is 3. The van der Waals surface area contributed by atoms with E-state index in [2.05, 4.69) is 37.8 Å². The van der Waals surface area contributed by atoms with Crippen LogP contribution >= 0.6 is 11.3 Å². The van der Waals surface area contributed by atoms with Crippen molar-refractivity contribution in [1.29, 1.82) is 0 Å². The quantitative estimate of drug-likeness (QED) is 0.534. The van der Waals surface area contributed by atoms with Crippen molar-refractivity contribution < 1.29 is 9.59 Å². The van der Waals surface area contributed by atoms with Gasteiger partial charge in [-0.3, -0.25) is 20.1 Å². The van der Waals surface area contributed by atoms with Gasteiger partial charge in [0, 0.05) is 50.5 Å². The molecule has 1 aromatic carbocycles. The largest absolute Gasteiger partial charge is 0.369 e. The number of nitrogens with zero attached hydrogens (tertiary/aromatic N) is 4. The molecule has 0 atom stereocenters. The van der Waals surface area contributed by atoms with E-state index in [1.807, 2.05) is 29.3 Å². The van der Waals surface area contributed by atoms with Crippen LogP contribution in [0.1, 0.15) is 39.3 Å². The Morgan fingerprint density at radius 3 is 2.42 bits per heavy atom. The average molecular weight is 468 g/mol. The highest BCUT2D eigenvalue weighted by Gasteiger charge is 2.20. The first kappa shape index (κ1) is 21.9. The number of carbonyl (C=O) groups excluding carboxylic acids is 2. The summed E-state index contributed by atoms with van der Waals surface area (Å²) in [5.74, 6) is 0.166. The lowest BCUT2D eigenvalue weighted by Crippen LogP contribution is -2.44. The first-order chi connectivity index (χ1) is 16.1. The molecule has 3 N–H and O–H groups in total. The Balaban J connectivity index is 1.24. The summed E-state index contributed by atoms with van der Waals surface area (Å²) in [6.07, 6.45) is 3.41. The van der Waals surface area contributed by atoms with Crippen LogP contribution in [0, 0.1) is 0 Å². The highest BCUT2D eigenvalue weighted by atomic mass is 32.1. The molecule has 9 nitrogen and oxygen atoms in total. The fraction of sp³-hybridized carbons (Fsp3) is 0.435. The Bertz CT molecular complexity index is 1130. The molecule has 0 spiro atoms. The molecular weight excluding hydrogens is 438 g/mol. The van der Waals surface area contributed by atoms with E-state index in [4.69, 9.17) is 0 Å². The lowest BCUT2D eigenvalue weighted by Gasteiger charge is -2.34. The van der Waals surface area contributed by atoms with Crippen LogP contribution in [-0.2, 0) is 0 Å². The van der Waals surface area contributed by atoms with Crippen molar-refractivity contribution in [3.63, 3.8) is 0 Å². The molecule has 5 rings (SSSR count). The first-order valence-corrected chi connectivity index (χ1v) is 12.3. The van der Waals surface area contributed by atoms with E-state index < -0.39 is 0 Å². The molecule has 2 amide bonds.